The number of anilines is 1. The zero-order valence-corrected chi connectivity index (χ0v) is 26.6. The minimum Gasteiger partial charge on any atom is -0.480 e. The van der Waals surface area contributed by atoms with Crippen molar-refractivity contribution in [2.75, 3.05) is 90.4 Å². The van der Waals surface area contributed by atoms with Gasteiger partial charge < -0.3 is 26.0 Å². The van der Waals surface area contributed by atoms with Gasteiger partial charge in [-0.3, -0.25) is 43.6 Å². The molecule has 0 radical (unpaired) electrons. The molecule has 5 N–H and O–H groups in total. The number of hydrogen-bond acceptors (Lipinski definition) is 9. The van der Waals surface area contributed by atoms with E-state index in [-0.39, 0.29) is 38.0 Å². The molecule has 1 unspecified atom stereocenters. The van der Waals surface area contributed by atoms with E-state index in [0.717, 1.165) is 25.7 Å². The van der Waals surface area contributed by atoms with Crippen LogP contribution in [0.1, 0.15) is 49.9 Å². The molecule has 2 rings (SSSR count). The second kappa shape index (κ2) is 20.4. The number of unbranched alkanes of at least 4 members (excludes halogenated alkanes) is 1. The van der Waals surface area contributed by atoms with Crippen LogP contribution in [-0.4, -0.2) is 150 Å². The van der Waals surface area contributed by atoms with Crippen LogP contribution >= 0.6 is 0 Å². The van der Waals surface area contributed by atoms with Gasteiger partial charge in [0.2, 0.25) is 5.91 Å². The standard InChI is InChI=1S/C31H50N6O8/c1-3-24(2)6-4-5-11-32-31(45)25-7-9-26(10-8-25)33-27(38)20-34-12-14-35(21-28(39)40)16-18-37(23-30(43)44)19-17-36(15-13-34)22-29(41)42/h7-10,24H,3-6,11-23H2,1-2H3,(H,32,45)(H,33,38)(H,39,40)(H,41,42)(H,43,44). The molecule has 1 aliphatic rings. The van der Waals surface area contributed by atoms with E-state index in [1.165, 1.54) is 0 Å². The number of rotatable bonds is 16. The molecule has 2 amide bonds. The number of benzene rings is 1. The number of carboxylic acids is 3. The van der Waals surface area contributed by atoms with Gasteiger partial charge in [0, 0.05) is 70.2 Å². The lowest BCUT2D eigenvalue weighted by atomic mass is 10.0. The predicted octanol–water partition coefficient (Wildman–Crippen LogP) is 1.05. The molecule has 1 atom stereocenters. The SMILES string of the molecule is CCC(C)CCCCNC(=O)c1ccc(NC(=O)CN2CCN(CC(=O)O)CCN(CC(=O)O)CCN(CC(=O)O)CC2)cc1. The highest BCUT2D eigenvalue weighted by Crippen LogP contribution is 2.12. The van der Waals surface area contributed by atoms with Gasteiger partial charge in [-0.05, 0) is 36.6 Å². The topological polar surface area (TPSA) is 183 Å². The van der Waals surface area contributed by atoms with E-state index in [4.69, 9.17) is 0 Å². The Morgan fingerprint density at radius 1 is 0.689 bits per heavy atom. The third kappa shape index (κ3) is 16.3. The number of hydrogen-bond donors (Lipinski definition) is 5. The monoisotopic (exact) mass is 634 g/mol. The molecular weight excluding hydrogens is 584 g/mol. The summed E-state index contributed by atoms with van der Waals surface area (Å²) in [7, 11) is 0. The van der Waals surface area contributed by atoms with Crippen molar-refractivity contribution in [1.29, 1.82) is 0 Å². The normalized spacial score (nSPS) is 17.0. The highest BCUT2D eigenvalue weighted by Gasteiger charge is 2.21. The Hall–Kier alpha value is -3.59. The van der Waals surface area contributed by atoms with Gasteiger partial charge in [0.05, 0.1) is 26.2 Å². The number of carboxylic acid groups (broad SMARTS) is 3. The van der Waals surface area contributed by atoms with Crippen molar-refractivity contribution in [1.82, 2.24) is 24.9 Å². The molecule has 1 saturated heterocycles. The summed E-state index contributed by atoms with van der Waals surface area (Å²) in [5.74, 6) is -2.83. The minimum absolute atomic E-state index is 0.00809. The molecule has 14 heteroatoms. The van der Waals surface area contributed by atoms with Gasteiger partial charge in [-0.1, -0.05) is 33.1 Å². The molecule has 1 fully saturated rings. The van der Waals surface area contributed by atoms with Crippen LogP contribution in [0.5, 0.6) is 0 Å². The van der Waals surface area contributed by atoms with Gasteiger partial charge in [-0.25, -0.2) is 0 Å². The summed E-state index contributed by atoms with van der Waals surface area (Å²) in [5, 5.41) is 33.8. The molecule has 0 aliphatic carbocycles. The average Bonchev–Trinajstić information content (AvgIpc) is 2.97. The number of carbonyl (C=O) groups excluding carboxylic acids is 2. The Kier molecular flexibility index (Phi) is 17.1. The Morgan fingerprint density at radius 2 is 1.11 bits per heavy atom. The first-order valence-corrected chi connectivity index (χ1v) is 15.7. The summed E-state index contributed by atoms with van der Waals surface area (Å²) >= 11 is 0. The van der Waals surface area contributed by atoms with E-state index in [1.807, 2.05) is 4.90 Å². The molecule has 0 aromatic heterocycles. The fourth-order valence-electron chi connectivity index (χ4n) is 5.02. The van der Waals surface area contributed by atoms with Crippen molar-refractivity contribution < 1.29 is 39.3 Å². The highest BCUT2D eigenvalue weighted by molar-refractivity contribution is 5.96. The number of carbonyl (C=O) groups is 5. The summed E-state index contributed by atoms with van der Waals surface area (Å²) in [5.41, 5.74) is 1.02. The third-order valence-corrected chi connectivity index (χ3v) is 7.91. The van der Waals surface area contributed by atoms with Crippen LogP contribution in [0.25, 0.3) is 0 Å². The zero-order chi connectivity index (χ0) is 33.2. The first kappa shape index (κ1) is 37.6. The lowest BCUT2D eigenvalue weighted by Crippen LogP contribution is -2.49. The second-order valence-corrected chi connectivity index (χ2v) is 11.7. The summed E-state index contributed by atoms with van der Waals surface area (Å²) in [6.07, 6.45) is 4.29. The Labute approximate surface area is 265 Å². The number of nitrogens with zero attached hydrogens (tertiary/aromatic N) is 4. The number of amides is 2. The Morgan fingerprint density at radius 3 is 1.51 bits per heavy atom. The average molecular weight is 635 g/mol. The van der Waals surface area contributed by atoms with Crippen molar-refractivity contribution in [3.8, 4) is 0 Å². The van der Waals surface area contributed by atoms with Crippen LogP contribution in [0.4, 0.5) is 5.69 Å². The smallest absolute Gasteiger partial charge is 0.317 e. The summed E-state index contributed by atoms with van der Waals surface area (Å²) in [4.78, 5) is 66.7. The molecule has 1 aromatic carbocycles. The Balaban J connectivity index is 1.99. The number of aliphatic carboxylic acids is 3. The van der Waals surface area contributed by atoms with Gasteiger partial charge in [0.15, 0.2) is 0 Å². The maximum absolute atomic E-state index is 13.0. The summed E-state index contributed by atoms with van der Waals surface area (Å²) < 4.78 is 0. The molecule has 0 bridgehead atoms. The first-order valence-electron chi connectivity index (χ1n) is 15.7. The second-order valence-electron chi connectivity index (χ2n) is 11.7. The molecule has 45 heavy (non-hydrogen) atoms. The van der Waals surface area contributed by atoms with Crippen LogP contribution in [0.3, 0.4) is 0 Å². The summed E-state index contributed by atoms with van der Waals surface area (Å²) in [6, 6.07) is 6.64. The number of nitrogens with one attached hydrogen (secondary N) is 2. The first-order chi connectivity index (χ1) is 21.4. The fraction of sp³-hybridized carbons (Fsp3) is 0.645. The molecule has 14 nitrogen and oxygen atoms in total. The molecule has 1 aromatic rings. The van der Waals surface area contributed by atoms with E-state index in [9.17, 15) is 39.3 Å². The van der Waals surface area contributed by atoms with Crippen LogP contribution in [0.2, 0.25) is 0 Å². The van der Waals surface area contributed by atoms with Crippen molar-refractivity contribution in [3.05, 3.63) is 29.8 Å². The van der Waals surface area contributed by atoms with Gasteiger partial charge >= 0.3 is 17.9 Å². The zero-order valence-electron chi connectivity index (χ0n) is 26.6. The molecule has 1 heterocycles. The van der Waals surface area contributed by atoms with Crippen molar-refractivity contribution in [2.45, 2.75) is 39.5 Å². The lowest BCUT2D eigenvalue weighted by molar-refractivity contribution is -0.140. The van der Waals surface area contributed by atoms with Crippen molar-refractivity contribution >= 4 is 35.4 Å². The van der Waals surface area contributed by atoms with Gasteiger partial charge in [0.1, 0.15) is 0 Å². The molecule has 0 spiro atoms. The maximum atomic E-state index is 13.0. The molecule has 0 saturated carbocycles. The van der Waals surface area contributed by atoms with E-state index < -0.39 is 17.9 Å². The van der Waals surface area contributed by atoms with Crippen LogP contribution < -0.4 is 10.6 Å². The van der Waals surface area contributed by atoms with Crippen LogP contribution in [-0.2, 0) is 19.2 Å². The quantitative estimate of drug-likeness (QED) is 0.163. The minimum atomic E-state index is -1.02. The summed E-state index contributed by atoms with van der Waals surface area (Å²) in [6.45, 7) is 6.83. The van der Waals surface area contributed by atoms with E-state index in [0.29, 0.717) is 76.1 Å². The van der Waals surface area contributed by atoms with Crippen LogP contribution in [0.15, 0.2) is 24.3 Å². The van der Waals surface area contributed by atoms with Gasteiger partial charge in [0.25, 0.3) is 5.91 Å². The Bertz CT molecular complexity index is 1070. The predicted molar refractivity (Wildman–Crippen MR) is 169 cm³/mol. The van der Waals surface area contributed by atoms with Crippen molar-refractivity contribution in [2.24, 2.45) is 5.92 Å². The third-order valence-electron chi connectivity index (χ3n) is 7.91. The fourth-order valence-corrected chi connectivity index (χ4v) is 5.02. The lowest BCUT2D eigenvalue weighted by Gasteiger charge is -2.32. The molecule has 252 valence electrons. The van der Waals surface area contributed by atoms with E-state index in [1.54, 1.807) is 39.0 Å². The van der Waals surface area contributed by atoms with Gasteiger partial charge in [-0.15, -0.1) is 0 Å². The molecular formula is C31H50N6O8. The maximum Gasteiger partial charge on any atom is 0.317 e. The van der Waals surface area contributed by atoms with Gasteiger partial charge in [-0.2, -0.15) is 0 Å². The van der Waals surface area contributed by atoms with E-state index in [2.05, 4.69) is 24.5 Å². The van der Waals surface area contributed by atoms with E-state index >= 15 is 0 Å². The van der Waals surface area contributed by atoms with Crippen molar-refractivity contribution in [3.63, 3.8) is 0 Å². The molecule has 1 aliphatic heterocycles. The van der Waals surface area contributed by atoms with Crippen LogP contribution in [0, 0.1) is 5.92 Å². The largest absolute Gasteiger partial charge is 0.480 e. The highest BCUT2D eigenvalue weighted by atomic mass is 16.4.